The van der Waals surface area contributed by atoms with Gasteiger partial charge in [0.15, 0.2) is 5.69 Å². The van der Waals surface area contributed by atoms with Crippen molar-refractivity contribution >= 4 is 32.8 Å². The smallest absolute Gasteiger partial charge is 0.357 e. The molecule has 0 unspecified atom stereocenters. The zero-order valence-corrected chi connectivity index (χ0v) is 17.3. The Hall–Kier alpha value is -2.79. The lowest BCUT2D eigenvalue weighted by Crippen LogP contribution is -2.35. The number of para-hydroxylation sites is 1. The molecule has 0 radical (unpaired) electrons. The van der Waals surface area contributed by atoms with Gasteiger partial charge in [0.25, 0.3) is 5.91 Å². The molecular weight excluding hydrogens is 392 g/mol. The average Bonchev–Trinajstić information content (AvgIpc) is 3.02. The molecule has 3 rings (SSSR count). The van der Waals surface area contributed by atoms with E-state index in [0.717, 1.165) is 35.9 Å². The SMILES string of the molecule is CCOC(=O)c1c(C#CC(=O)NC2CCCCC2)c2ccccc2n1S(C)(=O)=O. The van der Waals surface area contributed by atoms with E-state index in [9.17, 15) is 18.0 Å². The number of amides is 1. The molecule has 1 N–H and O–H groups in total. The Kier molecular flexibility index (Phi) is 6.28. The molecule has 0 saturated heterocycles. The van der Waals surface area contributed by atoms with Crippen molar-refractivity contribution in [1.29, 1.82) is 0 Å². The largest absolute Gasteiger partial charge is 0.461 e. The monoisotopic (exact) mass is 416 g/mol. The molecule has 1 aromatic carbocycles. The summed E-state index contributed by atoms with van der Waals surface area (Å²) < 4.78 is 30.8. The van der Waals surface area contributed by atoms with Crippen molar-refractivity contribution in [3.8, 4) is 11.8 Å². The molecule has 1 heterocycles. The Morgan fingerprint density at radius 2 is 1.90 bits per heavy atom. The summed E-state index contributed by atoms with van der Waals surface area (Å²) in [7, 11) is -3.82. The molecule has 0 aliphatic heterocycles. The molecule has 0 bridgehead atoms. The summed E-state index contributed by atoms with van der Waals surface area (Å²) in [6.07, 6.45) is 6.19. The fraction of sp³-hybridized carbons (Fsp3) is 0.429. The molecule has 1 aromatic heterocycles. The van der Waals surface area contributed by atoms with Crippen LogP contribution >= 0.6 is 0 Å². The van der Waals surface area contributed by atoms with Gasteiger partial charge in [0, 0.05) is 17.3 Å². The van der Waals surface area contributed by atoms with E-state index in [0.29, 0.717) is 10.9 Å². The normalized spacial score (nSPS) is 14.8. The molecule has 8 heteroatoms. The summed E-state index contributed by atoms with van der Waals surface area (Å²) in [5, 5.41) is 3.37. The lowest BCUT2D eigenvalue weighted by Gasteiger charge is -2.21. The second-order valence-corrected chi connectivity index (χ2v) is 8.88. The predicted octanol–water partition coefficient (Wildman–Crippen LogP) is 2.43. The zero-order valence-electron chi connectivity index (χ0n) is 16.5. The van der Waals surface area contributed by atoms with Crippen molar-refractivity contribution in [3.05, 3.63) is 35.5 Å². The van der Waals surface area contributed by atoms with E-state index in [-0.39, 0.29) is 23.9 Å². The van der Waals surface area contributed by atoms with Crippen molar-refractivity contribution in [1.82, 2.24) is 9.29 Å². The first-order chi connectivity index (χ1) is 13.8. The number of aromatic nitrogens is 1. The molecule has 1 saturated carbocycles. The van der Waals surface area contributed by atoms with Gasteiger partial charge in [0.2, 0.25) is 10.0 Å². The number of hydrogen-bond donors (Lipinski definition) is 1. The number of carbonyl (C=O) groups excluding carboxylic acids is 2. The molecule has 1 amide bonds. The summed E-state index contributed by atoms with van der Waals surface area (Å²) in [5.74, 6) is 4.01. The van der Waals surface area contributed by atoms with Crippen LogP contribution in [-0.4, -0.2) is 43.2 Å². The van der Waals surface area contributed by atoms with Gasteiger partial charge >= 0.3 is 5.97 Å². The van der Waals surface area contributed by atoms with Crippen LogP contribution in [0.4, 0.5) is 0 Å². The van der Waals surface area contributed by atoms with Crippen LogP contribution in [-0.2, 0) is 19.6 Å². The molecule has 0 atom stereocenters. The van der Waals surface area contributed by atoms with Crippen molar-refractivity contribution in [2.24, 2.45) is 0 Å². The molecule has 1 aliphatic rings. The van der Waals surface area contributed by atoms with E-state index in [2.05, 4.69) is 17.2 Å². The number of ether oxygens (including phenoxy) is 1. The van der Waals surface area contributed by atoms with E-state index in [1.807, 2.05) is 0 Å². The topological polar surface area (TPSA) is 94.5 Å². The Labute approximate surface area is 170 Å². The first-order valence-corrected chi connectivity index (χ1v) is 11.5. The molecule has 1 fully saturated rings. The van der Waals surface area contributed by atoms with Crippen molar-refractivity contribution in [3.63, 3.8) is 0 Å². The van der Waals surface area contributed by atoms with Crippen LogP contribution in [0.3, 0.4) is 0 Å². The van der Waals surface area contributed by atoms with Crippen molar-refractivity contribution in [2.45, 2.75) is 45.1 Å². The molecule has 29 heavy (non-hydrogen) atoms. The van der Waals surface area contributed by atoms with E-state index in [4.69, 9.17) is 4.74 Å². The van der Waals surface area contributed by atoms with Crippen LogP contribution < -0.4 is 5.32 Å². The van der Waals surface area contributed by atoms with Crippen molar-refractivity contribution in [2.75, 3.05) is 12.9 Å². The lowest BCUT2D eigenvalue weighted by atomic mass is 9.95. The maximum absolute atomic E-state index is 12.6. The minimum absolute atomic E-state index is 0.0825. The van der Waals surface area contributed by atoms with Crippen LogP contribution in [0, 0.1) is 11.8 Å². The summed E-state index contributed by atoms with van der Waals surface area (Å²) in [6, 6.07) is 6.76. The van der Waals surface area contributed by atoms with E-state index >= 15 is 0 Å². The first-order valence-electron chi connectivity index (χ1n) is 9.66. The van der Waals surface area contributed by atoms with Crippen molar-refractivity contribution < 1.29 is 22.7 Å². The molecule has 0 spiro atoms. The number of fused-ring (bicyclic) bond motifs is 1. The van der Waals surface area contributed by atoms with Crippen LogP contribution in [0.15, 0.2) is 24.3 Å². The highest BCUT2D eigenvalue weighted by Crippen LogP contribution is 2.28. The highest BCUT2D eigenvalue weighted by molar-refractivity contribution is 7.89. The quantitative estimate of drug-likeness (QED) is 0.610. The molecule has 7 nitrogen and oxygen atoms in total. The fourth-order valence-electron chi connectivity index (χ4n) is 3.65. The van der Waals surface area contributed by atoms with Crippen LogP contribution in [0.1, 0.15) is 55.1 Å². The van der Waals surface area contributed by atoms with E-state index in [1.54, 1.807) is 31.2 Å². The highest BCUT2D eigenvalue weighted by atomic mass is 32.2. The third-order valence-electron chi connectivity index (χ3n) is 4.87. The maximum Gasteiger partial charge on any atom is 0.357 e. The number of nitrogens with one attached hydrogen (secondary N) is 1. The Bertz CT molecular complexity index is 1100. The summed E-state index contributed by atoms with van der Waals surface area (Å²) in [4.78, 5) is 24.9. The summed E-state index contributed by atoms with van der Waals surface area (Å²) in [5.41, 5.74) is 0.298. The third-order valence-corrected chi connectivity index (χ3v) is 5.92. The van der Waals surface area contributed by atoms with Gasteiger partial charge in [-0.2, -0.15) is 0 Å². The standard InChI is InChI=1S/C21H24N2O5S/c1-3-28-21(25)20-17(13-14-19(24)22-15-9-5-4-6-10-15)16-11-7-8-12-18(16)23(20)29(2,26)27/h7-8,11-12,15H,3-6,9-10H2,1-2H3,(H,22,24). The van der Waals surface area contributed by atoms with E-state index in [1.165, 1.54) is 6.42 Å². The van der Waals surface area contributed by atoms with Gasteiger partial charge in [-0.15, -0.1) is 0 Å². The number of hydrogen-bond acceptors (Lipinski definition) is 5. The zero-order chi connectivity index (χ0) is 21.0. The Balaban J connectivity index is 2.08. The lowest BCUT2D eigenvalue weighted by molar-refractivity contribution is -0.116. The highest BCUT2D eigenvalue weighted by Gasteiger charge is 2.27. The number of benzene rings is 1. The average molecular weight is 416 g/mol. The van der Waals surface area contributed by atoms with Gasteiger partial charge in [-0.3, -0.25) is 4.79 Å². The minimum atomic E-state index is -3.82. The molecule has 2 aromatic rings. The fourth-order valence-corrected chi connectivity index (χ4v) is 4.67. The predicted molar refractivity (Wildman–Crippen MR) is 110 cm³/mol. The van der Waals surface area contributed by atoms with Crippen LogP contribution in [0.2, 0.25) is 0 Å². The second-order valence-electron chi connectivity index (χ2n) is 7.05. The minimum Gasteiger partial charge on any atom is -0.461 e. The molecule has 154 valence electrons. The van der Waals surface area contributed by atoms with Gasteiger partial charge in [-0.1, -0.05) is 43.4 Å². The number of esters is 1. The van der Waals surface area contributed by atoms with Gasteiger partial charge < -0.3 is 10.1 Å². The van der Waals surface area contributed by atoms with Gasteiger partial charge in [0.05, 0.1) is 23.9 Å². The Morgan fingerprint density at radius 1 is 1.21 bits per heavy atom. The summed E-state index contributed by atoms with van der Waals surface area (Å²) >= 11 is 0. The maximum atomic E-state index is 12.6. The number of carbonyl (C=O) groups is 2. The van der Waals surface area contributed by atoms with Crippen LogP contribution in [0.25, 0.3) is 10.9 Å². The Morgan fingerprint density at radius 3 is 2.55 bits per heavy atom. The first kappa shape index (κ1) is 20.9. The van der Waals surface area contributed by atoms with E-state index < -0.39 is 21.9 Å². The van der Waals surface area contributed by atoms with Gasteiger partial charge in [-0.05, 0) is 25.8 Å². The third kappa shape index (κ3) is 4.62. The van der Waals surface area contributed by atoms with Crippen LogP contribution in [0.5, 0.6) is 0 Å². The number of rotatable bonds is 4. The molecule has 1 aliphatic carbocycles. The number of nitrogens with zero attached hydrogens (tertiary/aromatic N) is 1. The molecular formula is C21H24N2O5S. The van der Waals surface area contributed by atoms with Gasteiger partial charge in [-0.25, -0.2) is 17.2 Å². The summed E-state index contributed by atoms with van der Waals surface area (Å²) in [6.45, 7) is 1.72. The van der Waals surface area contributed by atoms with Gasteiger partial charge in [0.1, 0.15) is 0 Å². The second kappa shape index (κ2) is 8.70.